The monoisotopic (exact) mass is 420 g/mol. The Morgan fingerprint density at radius 2 is 1.78 bits per heavy atom. The number of rotatable bonds is 2. The Hall–Kier alpha value is 0.130. The molecule has 0 aliphatic rings. The van der Waals surface area contributed by atoms with Crippen LogP contribution in [-0.2, 0) is 0 Å². The molecule has 0 fully saturated rings. The molecule has 0 bridgehead atoms. The summed E-state index contributed by atoms with van der Waals surface area (Å²) in [5.41, 5.74) is 0. The fourth-order valence-electron chi connectivity index (χ4n) is 1.76. The van der Waals surface area contributed by atoms with E-state index in [9.17, 15) is 0 Å². The number of fused-ring (bicyclic) bond motifs is 1. The van der Waals surface area contributed by atoms with Crippen LogP contribution in [0.2, 0.25) is 4.34 Å². The molecule has 0 N–H and O–H groups in total. The molecule has 0 nitrogen and oxygen atoms in total. The molecule has 1 atom stereocenters. The van der Waals surface area contributed by atoms with E-state index in [1.54, 1.807) is 11.3 Å². The Balaban J connectivity index is 2.03. The van der Waals surface area contributed by atoms with Gasteiger partial charge in [-0.05, 0) is 39.5 Å². The van der Waals surface area contributed by atoms with Crippen LogP contribution in [-0.4, -0.2) is 0 Å². The summed E-state index contributed by atoms with van der Waals surface area (Å²) in [6, 6.07) is 12.8. The lowest BCUT2D eigenvalue weighted by Gasteiger charge is -2.03. The largest absolute Gasteiger partial charge is 0.139 e. The van der Waals surface area contributed by atoms with E-state index in [-0.39, 0.29) is 4.83 Å². The molecule has 0 radical (unpaired) electrons. The lowest BCUT2D eigenvalue weighted by molar-refractivity contribution is 1.29. The van der Waals surface area contributed by atoms with E-state index in [2.05, 4.69) is 68.3 Å². The SMILES string of the molecule is Clc1sc(C(Br)c2cc3ccccc3s2)cc1Br. The molecule has 5 heteroatoms. The van der Waals surface area contributed by atoms with Crippen LogP contribution in [0.3, 0.4) is 0 Å². The van der Waals surface area contributed by atoms with Crippen LogP contribution in [0.4, 0.5) is 0 Å². The average molecular weight is 423 g/mol. The maximum Gasteiger partial charge on any atom is 0.107 e. The Morgan fingerprint density at radius 3 is 2.44 bits per heavy atom. The minimum absolute atomic E-state index is 0.212. The fraction of sp³-hybridized carbons (Fsp3) is 0.0769. The van der Waals surface area contributed by atoms with Crippen LogP contribution in [0, 0.1) is 0 Å². The minimum Gasteiger partial charge on any atom is -0.139 e. The third-order valence-electron chi connectivity index (χ3n) is 2.61. The van der Waals surface area contributed by atoms with Gasteiger partial charge in [-0.1, -0.05) is 45.7 Å². The van der Waals surface area contributed by atoms with E-state index in [0.717, 1.165) is 8.81 Å². The van der Waals surface area contributed by atoms with Crippen molar-refractivity contribution < 1.29 is 0 Å². The number of hydrogen-bond donors (Lipinski definition) is 0. The molecule has 3 aromatic rings. The lowest BCUT2D eigenvalue weighted by Crippen LogP contribution is -1.83. The summed E-state index contributed by atoms with van der Waals surface area (Å²) in [7, 11) is 0. The van der Waals surface area contributed by atoms with Gasteiger partial charge in [-0.15, -0.1) is 22.7 Å². The lowest BCUT2D eigenvalue weighted by atomic mass is 10.2. The van der Waals surface area contributed by atoms with Gasteiger partial charge in [0.1, 0.15) is 4.34 Å². The van der Waals surface area contributed by atoms with E-state index >= 15 is 0 Å². The molecular weight excluding hydrogens is 416 g/mol. The van der Waals surface area contributed by atoms with Crippen molar-refractivity contribution >= 4 is 76.2 Å². The first-order chi connectivity index (χ1) is 8.65. The van der Waals surface area contributed by atoms with E-state index in [1.165, 1.54) is 19.8 Å². The quantitative estimate of drug-likeness (QED) is 0.396. The van der Waals surface area contributed by atoms with Gasteiger partial charge in [0, 0.05) is 18.9 Å². The molecular formula is C13H7Br2ClS2. The molecule has 18 heavy (non-hydrogen) atoms. The van der Waals surface area contributed by atoms with E-state index in [1.807, 2.05) is 11.3 Å². The molecule has 2 aromatic heterocycles. The van der Waals surface area contributed by atoms with Crippen molar-refractivity contribution in [1.82, 2.24) is 0 Å². The molecule has 1 aromatic carbocycles. The first-order valence-corrected chi connectivity index (χ1v) is 8.94. The van der Waals surface area contributed by atoms with Crippen molar-refractivity contribution in [2.24, 2.45) is 0 Å². The second-order valence-corrected chi connectivity index (χ2v) is 8.39. The summed E-state index contributed by atoms with van der Waals surface area (Å²) in [5.74, 6) is 0. The van der Waals surface area contributed by atoms with E-state index in [0.29, 0.717) is 0 Å². The van der Waals surface area contributed by atoms with Crippen LogP contribution in [0.5, 0.6) is 0 Å². The van der Waals surface area contributed by atoms with E-state index in [4.69, 9.17) is 11.6 Å². The number of benzene rings is 1. The molecule has 2 heterocycles. The first-order valence-electron chi connectivity index (χ1n) is 5.22. The van der Waals surface area contributed by atoms with E-state index < -0.39 is 0 Å². The van der Waals surface area contributed by atoms with Crippen molar-refractivity contribution in [3.8, 4) is 0 Å². The Kier molecular flexibility index (Phi) is 3.83. The summed E-state index contributed by atoms with van der Waals surface area (Å²) < 4.78 is 3.09. The van der Waals surface area contributed by atoms with Gasteiger partial charge < -0.3 is 0 Å². The number of thiophene rings is 2. The van der Waals surface area contributed by atoms with Gasteiger partial charge in [-0.25, -0.2) is 0 Å². The minimum atomic E-state index is 0.212. The Labute approximate surface area is 135 Å². The van der Waals surface area contributed by atoms with Crippen LogP contribution in [0.25, 0.3) is 10.1 Å². The van der Waals surface area contributed by atoms with Gasteiger partial charge in [-0.3, -0.25) is 0 Å². The molecule has 0 aliphatic heterocycles. The van der Waals surface area contributed by atoms with Crippen LogP contribution < -0.4 is 0 Å². The van der Waals surface area contributed by atoms with Crippen molar-refractivity contribution in [1.29, 1.82) is 0 Å². The zero-order valence-corrected chi connectivity index (χ0v) is 14.6. The van der Waals surface area contributed by atoms with Gasteiger partial charge in [0.25, 0.3) is 0 Å². The maximum atomic E-state index is 6.09. The second-order valence-electron chi connectivity index (χ2n) is 3.82. The highest BCUT2D eigenvalue weighted by molar-refractivity contribution is 9.10. The third-order valence-corrected chi connectivity index (χ3v) is 7.92. The van der Waals surface area contributed by atoms with Gasteiger partial charge in [-0.2, -0.15) is 0 Å². The standard InChI is InChI=1S/C13H7Br2ClS2/c14-8-6-11(18-13(8)16)12(15)10-5-7-3-1-2-4-9(7)17-10/h1-6,12H. The zero-order valence-electron chi connectivity index (χ0n) is 8.99. The first kappa shape index (κ1) is 13.1. The number of hydrogen-bond acceptors (Lipinski definition) is 2. The molecule has 0 saturated carbocycles. The highest BCUT2D eigenvalue weighted by Crippen LogP contribution is 2.44. The molecule has 0 spiro atoms. The maximum absolute atomic E-state index is 6.09. The molecule has 1 unspecified atom stereocenters. The molecule has 0 saturated heterocycles. The molecule has 92 valence electrons. The summed E-state index contributed by atoms with van der Waals surface area (Å²) in [6.07, 6.45) is 0. The van der Waals surface area contributed by atoms with Gasteiger partial charge >= 0.3 is 0 Å². The van der Waals surface area contributed by atoms with Crippen molar-refractivity contribution in [2.45, 2.75) is 4.83 Å². The Bertz CT molecular complexity index is 649. The van der Waals surface area contributed by atoms with Crippen LogP contribution >= 0.6 is 66.1 Å². The highest BCUT2D eigenvalue weighted by Gasteiger charge is 2.17. The number of alkyl halides is 1. The van der Waals surface area contributed by atoms with Crippen molar-refractivity contribution in [3.63, 3.8) is 0 Å². The van der Waals surface area contributed by atoms with Crippen molar-refractivity contribution in [3.05, 3.63) is 55.0 Å². The van der Waals surface area contributed by atoms with Gasteiger partial charge in [0.05, 0.1) is 4.83 Å². The third kappa shape index (κ3) is 2.41. The van der Waals surface area contributed by atoms with Crippen LogP contribution in [0.15, 0.2) is 40.9 Å². The average Bonchev–Trinajstić information content (AvgIpc) is 2.93. The van der Waals surface area contributed by atoms with Gasteiger partial charge in [0.15, 0.2) is 0 Å². The normalized spacial score (nSPS) is 13.1. The predicted octanol–water partition coefficient (Wildman–Crippen LogP) is 6.86. The number of halogens is 3. The summed E-state index contributed by atoms with van der Waals surface area (Å²) >= 11 is 16.7. The zero-order chi connectivity index (χ0) is 12.7. The summed E-state index contributed by atoms with van der Waals surface area (Å²) in [5, 5.41) is 1.30. The predicted molar refractivity (Wildman–Crippen MR) is 89.6 cm³/mol. The fourth-order valence-corrected chi connectivity index (χ4v) is 5.45. The topological polar surface area (TPSA) is 0 Å². The molecule has 3 rings (SSSR count). The second kappa shape index (κ2) is 5.25. The van der Waals surface area contributed by atoms with Crippen molar-refractivity contribution in [2.75, 3.05) is 0 Å². The van der Waals surface area contributed by atoms with Gasteiger partial charge in [0.2, 0.25) is 0 Å². The van der Waals surface area contributed by atoms with Crippen LogP contribution in [0.1, 0.15) is 14.6 Å². The molecule has 0 amide bonds. The summed E-state index contributed by atoms with van der Waals surface area (Å²) in [4.78, 5) is 2.74. The Morgan fingerprint density at radius 1 is 1.06 bits per heavy atom. The smallest absolute Gasteiger partial charge is 0.107 e. The highest BCUT2D eigenvalue weighted by atomic mass is 79.9. The molecule has 0 aliphatic carbocycles. The summed E-state index contributed by atoms with van der Waals surface area (Å²) in [6.45, 7) is 0.